The Morgan fingerprint density at radius 1 is 1.12 bits per heavy atom. The number of aryl methyl sites for hydroxylation is 1. The quantitative estimate of drug-likeness (QED) is 0.649. The summed E-state index contributed by atoms with van der Waals surface area (Å²) in [5.74, 6) is 0.446. The fourth-order valence-electron chi connectivity index (χ4n) is 4.18. The van der Waals surface area contributed by atoms with Crippen LogP contribution in [0.3, 0.4) is 0 Å². The van der Waals surface area contributed by atoms with Gasteiger partial charge in [-0.3, -0.25) is 4.79 Å². The van der Waals surface area contributed by atoms with Gasteiger partial charge in [0.1, 0.15) is 0 Å². The number of nitrogens with zero attached hydrogens (tertiary/aromatic N) is 3. The Bertz CT molecular complexity index is 1200. The molecule has 0 amide bonds. The molecule has 1 aliphatic rings. The van der Waals surface area contributed by atoms with Crippen LogP contribution in [0.4, 0.5) is 24.7 Å². The molecule has 1 aliphatic heterocycles. The van der Waals surface area contributed by atoms with Crippen LogP contribution in [0.25, 0.3) is 10.8 Å². The molecule has 1 aromatic heterocycles. The lowest BCUT2D eigenvalue weighted by molar-refractivity contribution is -0.138. The number of fused-ring (bicyclic) bond motifs is 1. The molecule has 6 nitrogen and oxygen atoms in total. The van der Waals surface area contributed by atoms with E-state index in [1.54, 1.807) is 26.1 Å². The van der Waals surface area contributed by atoms with Gasteiger partial charge in [0.05, 0.1) is 30.2 Å². The number of benzene rings is 2. The van der Waals surface area contributed by atoms with Crippen molar-refractivity contribution < 1.29 is 17.9 Å². The van der Waals surface area contributed by atoms with Crippen LogP contribution in [-0.2, 0) is 18.0 Å². The van der Waals surface area contributed by atoms with Crippen LogP contribution in [0.5, 0.6) is 0 Å². The van der Waals surface area contributed by atoms with Crippen molar-refractivity contribution in [3.8, 4) is 0 Å². The van der Waals surface area contributed by atoms with Crippen molar-refractivity contribution in [2.75, 3.05) is 36.5 Å². The van der Waals surface area contributed by atoms with Crippen LogP contribution in [0, 0.1) is 6.92 Å². The number of halogens is 3. The van der Waals surface area contributed by atoms with Gasteiger partial charge in [-0.05, 0) is 49.2 Å². The Kier molecular flexibility index (Phi) is 5.85. The number of alkyl halides is 3. The highest BCUT2D eigenvalue weighted by Gasteiger charge is 2.33. The molecular weight excluding hydrogens is 421 g/mol. The summed E-state index contributed by atoms with van der Waals surface area (Å²) in [6, 6.07) is 9.28. The second kappa shape index (κ2) is 8.46. The number of nitrogens with one attached hydrogen (secondary N) is 1. The highest BCUT2D eigenvalue weighted by atomic mass is 19.4. The molecule has 0 aliphatic carbocycles. The molecule has 4 rings (SSSR count). The lowest BCUT2D eigenvalue weighted by atomic mass is 9.97. The van der Waals surface area contributed by atoms with E-state index in [4.69, 9.17) is 4.74 Å². The lowest BCUT2D eigenvalue weighted by Crippen LogP contribution is -2.36. The summed E-state index contributed by atoms with van der Waals surface area (Å²) < 4.78 is 46.7. The first-order valence-corrected chi connectivity index (χ1v) is 10.4. The van der Waals surface area contributed by atoms with E-state index < -0.39 is 17.8 Å². The largest absolute Gasteiger partial charge is 0.416 e. The normalized spacial score (nSPS) is 15.8. The molecule has 3 aromatic rings. The van der Waals surface area contributed by atoms with E-state index in [1.807, 2.05) is 12.1 Å². The maximum atomic E-state index is 13.4. The van der Waals surface area contributed by atoms with Crippen molar-refractivity contribution >= 4 is 22.3 Å². The maximum absolute atomic E-state index is 13.4. The molecule has 1 atom stereocenters. The fourth-order valence-corrected chi connectivity index (χ4v) is 4.18. The third-order valence-corrected chi connectivity index (χ3v) is 5.91. The van der Waals surface area contributed by atoms with Crippen molar-refractivity contribution in [3.63, 3.8) is 0 Å². The van der Waals surface area contributed by atoms with Crippen LogP contribution in [0.1, 0.15) is 29.7 Å². The predicted octanol–water partition coefficient (Wildman–Crippen LogP) is 4.27. The third-order valence-electron chi connectivity index (χ3n) is 5.91. The molecule has 2 aromatic carbocycles. The molecule has 170 valence electrons. The molecule has 0 spiro atoms. The zero-order valence-electron chi connectivity index (χ0n) is 18.2. The van der Waals surface area contributed by atoms with E-state index in [2.05, 4.69) is 15.3 Å². The first-order chi connectivity index (χ1) is 15.2. The van der Waals surface area contributed by atoms with Gasteiger partial charge < -0.3 is 15.0 Å². The summed E-state index contributed by atoms with van der Waals surface area (Å²) in [5, 5.41) is 8.75. The molecule has 1 fully saturated rings. The van der Waals surface area contributed by atoms with Gasteiger partial charge in [-0.1, -0.05) is 12.1 Å². The second-order valence-electron chi connectivity index (χ2n) is 7.99. The average Bonchev–Trinajstić information content (AvgIpc) is 2.77. The molecule has 1 N–H and O–H groups in total. The lowest BCUT2D eigenvalue weighted by Gasteiger charge is -2.29. The first kappa shape index (κ1) is 22.1. The average molecular weight is 446 g/mol. The molecule has 1 saturated heterocycles. The highest BCUT2D eigenvalue weighted by Crippen LogP contribution is 2.35. The SMILES string of the molecule is Cc1c([C@@H](C)Nc2nn(C)c(=O)c3ccc(N4CCOCC4)cc23)cccc1C(F)(F)F. The molecule has 32 heavy (non-hydrogen) atoms. The zero-order valence-corrected chi connectivity index (χ0v) is 18.2. The van der Waals surface area contributed by atoms with Gasteiger partial charge in [-0.25, -0.2) is 4.68 Å². The van der Waals surface area contributed by atoms with E-state index in [0.29, 0.717) is 35.4 Å². The van der Waals surface area contributed by atoms with Crippen molar-refractivity contribution in [3.05, 3.63) is 63.4 Å². The van der Waals surface area contributed by atoms with E-state index in [9.17, 15) is 18.0 Å². The number of hydrogen-bond acceptors (Lipinski definition) is 5. The molecule has 9 heteroatoms. The minimum atomic E-state index is -4.42. The molecule has 0 bridgehead atoms. The van der Waals surface area contributed by atoms with E-state index in [1.165, 1.54) is 17.7 Å². The van der Waals surface area contributed by atoms with Crippen LogP contribution in [0.2, 0.25) is 0 Å². The minimum absolute atomic E-state index is 0.170. The number of anilines is 2. The van der Waals surface area contributed by atoms with Gasteiger partial charge in [0.25, 0.3) is 5.56 Å². The summed E-state index contributed by atoms with van der Waals surface area (Å²) in [7, 11) is 1.56. The Balaban J connectivity index is 1.75. The van der Waals surface area contributed by atoms with Crippen molar-refractivity contribution in [1.29, 1.82) is 0 Å². The summed E-state index contributed by atoms with van der Waals surface area (Å²) in [4.78, 5) is 14.8. The van der Waals surface area contributed by atoms with Crippen molar-refractivity contribution in [1.82, 2.24) is 9.78 Å². The first-order valence-electron chi connectivity index (χ1n) is 10.4. The van der Waals surface area contributed by atoms with Crippen LogP contribution < -0.4 is 15.8 Å². The fraction of sp³-hybridized carbons (Fsp3) is 0.391. The Hall–Kier alpha value is -3.07. The Labute approximate surface area is 183 Å². The number of hydrogen-bond donors (Lipinski definition) is 1. The van der Waals surface area contributed by atoms with Crippen LogP contribution >= 0.6 is 0 Å². The Morgan fingerprint density at radius 2 is 1.84 bits per heavy atom. The highest BCUT2D eigenvalue weighted by molar-refractivity contribution is 5.93. The van der Waals surface area contributed by atoms with Crippen molar-refractivity contribution in [2.24, 2.45) is 7.05 Å². The maximum Gasteiger partial charge on any atom is 0.416 e. The second-order valence-corrected chi connectivity index (χ2v) is 7.99. The topological polar surface area (TPSA) is 59.4 Å². The number of aromatic nitrogens is 2. The third kappa shape index (κ3) is 4.17. The standard InChI is InChI=1S/C23H25F3N4O2/c1-14-17(5-4-6-20(14)23(24,25)26)15(2)27-21-19-13-16(30-9-11-32-12-10-30)7-8-18(19)22(31)29(3)28-21/h4-8,13,15H,9-12H2,1-3H3,(H,27,28)/t15-/m1/s1. The number of morpholine rings is 1. The molecule has 0 unspecified atom stereocenters. The van der Waals surface area contributed by atoms with Crippen LogP contribution in [0.15, 0.2) is 41.2 Å². The molecular formula is C23H25F3N4O2. The summed E-state index contributed by atoms with van der Waals surface area (Å²) in [5.41, 5.74) is 0.747. The number of ether oxygens (including phenoxy) is 1. The van der Waals surface area contributed by atoms with E-state index in [0.717, 1.165) is 24.8 Å². The monoisotopic (exact) mass is 446 g/mol. The van der Waals surface area contributed by atoms with Gasteiger partial charge in [-0.15, -0.1) is 0 Å². The predicted molar refractivity (Wildman–Crippen MR) is 118 cm³/mol. The van der Waals surface area contributed by atoms with Crippen molar-refractivity contribution in [2.45, 2.75) is 26.1 Å². The Morgan fingerprint density at radius 3 is 2.53 bits per heavy atom. The minimum Gasteiger partial charge on any atom is -0.378 e. The van der Waals surface area contributed by atoms with E-state index in [-0.39, 0.29) is 11.1 Å². The summed E-state index contributed by atoms with van der Waals surface area (Å²) >= 11 is 0. The molecule has 2 heterocycles. The smallest absolute Gasteiger partial charge is 0.378 e. The summed E-state index contributed by atoms with van der Waals surface area (Å²) in [6.07, 6.45) is -4.42. The molecule has 0 radical (unpaired) electrons. The van der Waals surface area contributed by atoms with Gasteiger partial charge in [0, 0.05) is 31.2 Å². The van der Waals surface area contributed by atoms with Gasteiger partial charge in [0.15, 0.2) is 5.82 Å². The van der Waals surface area contributed by atoms with Gasteiger partial charge in [0.2, 0.25) is 0 Å². The molecule has 0 saturated carbocycles. The summed E-state index contributed by atoms with van der Waals surface area (Å²) in [6.45, 7) is 6.00. The van der Waals surface area contributed by atoms with Gasteiger partial charge >= 0.3 is 6.18 Å². The number of rotatable bonds is 4. The van der Waals surface area contributed by atoms with E-state index >= 15 is 0 Å². The zero-order chi connectivity index (χ0) is 23.0. The van der Waals surface area contributed by atoms with Gasteiger partial charge in [-0.2, -0.15) is 18.3 Å². The van der Waals surface area contributed by atoms with Crippen LogP contribution in [-0.4, -0.2) is 36.1 Å².